The summed E-state index contributed by atoms with van der Waals surface area (Å²) in [6.45, 7) is 0. The number of hydrogen-bond acceptors (Lipinski definition) is 0. The Morgan fingerprint density at radius 2 is 0.957 bits per heavy atom. The largest absolute Gasteiger partial charge is 0.116 e. The summed E-state index contributed by atoms with van der Waals surface area (Å²) in [5.41, 5.74) is 1.64. The van der Waals surface area contributed by atoms with Gasteiger partial charge in [-0.05, 0) is 42.5 Å². The summed E-state index contributed by atoms with van der Waals surface area (Å²) in [5, 5.41) is 4.14. The van der Waals surface area contributed by atoms with Crippen LogP contribution in [0, 0.1) is 0 Å². The molecule has 0 heterocycles. The van der Waals surface area contributed by atoms with Gasteiger partial charge in [-0.3, -0.25) is 0 Å². The molecular weight excluding hydrogens is 319 g/mol. The van der Waals surface area contributed by atoms with Crippen molar-refractivity contribution in [3.05, 3.63) is 103 Å². The molecule has 0 saturated heterocycles. The molecule has 114 valence electrons. The van der Waals surface area contributed by atoms with E-state index in [1.165, 1.54) is 15.9 Å². The molecule has 0 spiro atoms. The van der Waals surface area contributed by atoms with Crippen molar-refractivity contribution < 1.29 is 0 Å². The van der Waals surface area contributed by atoms with Crippen molar-refractivity contribution in [3.63, 3.8) is 0 Å². The molecule has 0 radical (unpaired) electrons. The maximum atomic E-state index is 5.91. The van der Waals surface area contributed by atoms with E-state index in [0.29, 0.717) is 0 Å². The van der Waals surface area contributed by atoms with Crippen molar-refractivity contribution in [2.45, 2.75) is 0 Å². The van der Waals surface area contributed by atoms with E-state index in [1.54, 1.807) is 5.54 Å². The lowest BCUT2D eigenvalue weighted by atomic mass is 10.4. The summed E-state index contributed by atoms with van der Waals surface area (Å²) >= 11 is 5.91. The molecule has 0 bridgehead atoms. The van der Waals surface area contributed by atoms with Gasteiger partial charge in [0.1, 0.15) is 23.2 Å². The topological polar surface area (TPSA) is 0 Å². The van der Waals surface area contributed by atoms with Gasteiger partial charge in [-0.2, -0.15) is 0 Å². The molecule has 2 heteroatoms. The van der Waals surface area contributed by atoms with Crippen molar-refractivity contribution in [3.8, 4) is 0 Å². The number of halogens is 1. The Morgan fingerprint density at radius 3 is 1.26 bits per heavy atom. The van der Waals surface area contributed by atoms with Crippen molar-refractivity contribution in [1.29, 1.82) is 0 Å². The van der Waals surface area contributed by atoms with Gasteiger partial charge < -0.3 is 0 Å². The van der Waals surface area contributed by atoms with E-state index in [2.05, 4.69) is 97.1 Å². The summed E-state index contributed by atoms with van der Waals surface area (Å²) in [4.78, 5) is 0. The molecule has 0 N–H and O–H groups in total. The van der Waals surface area contributed by atoms with Crippen LogP contribution in [0.5, 0.6) is 0 Å². The van der Waals surface area contributed by atoms with Crippen molar-refractivity contribution in [2.75, 3.05) is 6.16 Å². The average molecular weight is 338 g/mol. The minimum absolute atomic E-state index is 0.925. The third-order valence-corrected chi connectivity index (χ3v) is 8.54. The van der Waals surface area contributed by atoms with E-state index in [-0.39, 0.29) is 0 Å². The Hall–Kier alpha value is -1.88. The van der Waals surface area contributed by atoms with Gasteiger partial charge in [-0.15, -0.1) is 0 Å². The van der Waals surface area contributed by atoms with Crippen LogP contribution in [0.4, 0.5) is 0 Å². The molecule has 0 aliphatic heterocycles. The first-order valence-electron chi connectivity index (χ1n) is 7.68. The van der Waals surface area contributed by atoms with Crippen LogP contribution in [0.15, 0.2) is 103 Å². The molecule has 0 fully saturated rings. The summed E-state index contributed by atoms with van der Waals surface area (Å²) in [7, 11) is -1.74. The Bertz CT molecular complexity index is 655. The molecule has 0 unspecified atom stereocenters. The predicted molar refractivity (Wildman–Crippen MR) is 105 cm³/mol. The fourth-order valence-corrected chi connectivity index (χ4v) is 7.21. The third-order valence-electron chi connectivity index (χ3n) is 4.06. The first-order valence-corrected chi connectivity index (χ1v) is 10.1. The van der Waals surface area contributed by atoms with Crippen LogP contribution in [0.25, 0.3) is 0 Å². The Labute approximate surface area is 143 Å². The van der Waals surface area contributed by atoms with E-state index in [1.807, 2.05) is 0 Å². The lowest BCUT2D eigenvalue weighted by molar-refractivity contribution is 1.66. The molecule has 0 aliphatic carbocycles. The molecular formula is C21H19ClP+. The molecule has 3 aromatic rings. The minimum Gasteiger partial charge on any atom is -0.0932 e. The van der Waals surface area contributed by atoms with Gasteiger partial charge in [-0.1, -0.05) is 66.2 Å². The molecule has 3 aromatic carbocycles. The number of allylic oxidation sites excluding steroid dienone is 1. The maximum Gasteiger partial charge on any atom is 0.116 e. The number of rotatable bonds is 5. The lowest BCUT2D eigenvalue weighted by Crippen LogP contribution is -2.32. The molecule has 0 aromatic heterocycles. The van der Waals surface area contributed by atoms with Crippen molar-refractivity contribution in [2.24, 2.45) is 0 Å². The Kier molecular flexibility index (Phi) is 5.28. The highest BCUT2D eigenvalue weighted by Crippen LogP contribution is 2.55. The summed E-state index contributed by atoms with van der Waals surface area (Å²) in [6.07, 6.45) is 3.01. The Balaban J connectivity index is 2.30. The van der Waals surface area contributed by atoms with Crippen LogP contribution in [-0.4, -0.2) is 6.16 Å². The minimum atomic E-state index is -1.74. The van der Waals surface area contributed by atoms with Crippen LogP contribution < -0.4 is 15.9 Å². The van der Waals surface area contributed by atoms with E-state index >= 15 is 0 Å². The quantitative estimate of drug-likeness (QED) is 0.590. The SMILES string of the molecule is ClC=CC[P+](c1ccccc1)(c1ccccc1)c1ccccc1. The van der Waals surface area contributed by atoms with Crippen LogP contribution in [0.1, 0.15) is 0 Å². The lowest BCUT2D eigenvalue weighted by Gasteiger charge is -2.26. The van der Waals surface area contributed by atoms with Crippen LogP contribution in [0.2, 0.25) is 0 Å². The molecule has 0 atom stereocenters. The monoisotopic (exact) mass is 337 g/mol. The summed E-state index contributed by atoms with van der Waals surface area (Å²) < 4.78 is 0. The van der Waals surface area contributed by atoms with Crippen LogP contribution >= 0.6 is 18.9 Å². The van der Waals surface area contributed by atoms with E-state index < -0.39 is 7.26 Å². The van der Waals surface area contributed by atoms with Gasteiger partial charge in [0, 0.05) is 5.54 Å². The van der Waals surface area contributed by atoms with Gasteiger partial charge in [0.2, 0.25) is 0 Å². The molecule has 23 heavy (non-hydrogen) atoms. The highest BCUT2D eigenvalue weighted by atomic mass is 35.5. The second-order valence-electron chi connectivity index (χ2n) is 5.36. The van der Waals surface area contributed by atoms with Gasteiger partial charge >= 0.3 is 0 Å². The molecule has 0 nitrogen and oxygen atoms in total. The van der Waals surface area contributed by atoms with Crippen molar-refractivity contribution >= 4 is 34.8 Å². The first kappa shape index (κ1) is 16.0. The molecule has 3 rings (SSSR count). The summed E-state index contributed by atoms with van der Waals surface area (Å²) in [6, 6.07) is 32.5. The zero-order chi connectivity index (χ0) is 16.0. The van der Waals surface area contributed by atoms with E-state index in [0.717, 1.165) is 6.16 Å². The highest BCUT2D eigenvalue weighted by molar-refractivity contribution is 7.95. The maximum absolute atomic E-state index is 5.91. The second kappa shape index (κ2) is 7.59. The van der Waals surface area contributed by atoms with Crippen LogP contribution in [-0.2, 0) is 0 Å². The first-order chi connectivity index (χ1) is 11.4. The van der Waals surface area contributed by atoms with Crippen molar-refractivity contribution in [1.82, 2.24) is 0 Å². The predicted octanol–water partition coefficient (Wildman–Crippen LogP) is 4.73. The fourth-order valence-electron chi connectivity index (χ4n) is 3.01. The molecule has 0 saturated carbocycles. The van der Waals surface area contributed by atoms with Gasteiger partial charge in [0.05, 0.1) is 6.16 Å². The molecule has 0 aliphatic rings. The van der Waals surface area contributed by atoms with E-state index in [9.17, 15) is 0 Å². The number of benzene rings is 3. The zero-order valence-electron chi connectivity index (χ0n) is 12.8. The second-order valence-corrected chi connectivity index (χ2v) is 9.15. The normalized spacial score (nSPS) is 11.7. The number of hydrogen-bond donors (Lipinski definition) is 0. The third kappa shape index (κ3) is 3.24. The molecule has 0 amide bonds. The van der Waals surface area contributed by atoms with E-state index in [4.69, 9.17) is 11.6 Å². The highest BCUT2D eigenvalue weighted by Gasteiger charge is 2.43. The zero-order valence-corrected chi connectivity index (χ0v) is 14.5. The Morgan fingerprint density at radius 1 is 0.609 bits per heavy atom. The smallest absolute Gasteiger partial charge is 0.0932 e. The van der Waals surface area contributed by atoms with Gasteiger partial charge in [0.15, 0.2) is 0 Å². The van der Waals surface area contributed by atoms with Gasteiger partial charge in [0.25, 0.3) is 0 Å². The van der Waals surface area contributed by atoms with Gasteiger partial charge in [-0.25, -0.2) is 0 Å². The van der Waals surface area contributed by atoms with Crippen LogP contribution in [0.3, 0.4) is 0 Å². The average Bonchev–Trinajstić information content (AvgIpc) is 2.65. The fraction of sp³-hybridized carbons (Fsp3) is 0.0476. The standard InChI is InChI=1S/C21H19ClP/c22-17-10-18-23(19-11-4-1-5-12-19,20-13-6-2-7-14-20)21-15-8-3-9-16-21/h1-17H,18H2/q+1. The summed E-state index contributed by atoms with van der Waals surface area (Å²) in [5.74, 6) is 0.